The van der Waals surface area contributed by atoms with Gasteiger partial charge in [0.25, 0.3) is 0 Å². The van der Waals surface area contributed by atoms with Gasteiger partial charge in [-0.2, -0.15) is 0 Å². The van der Waals surface area contributed by atoms with Gasteiger partial charge in [-0.15, -0.1) is 0 Å². The molecule has 5 heteroatoms. The number of nitrogens with two attached hydrogens (primary N) is 1. The number of hydrogen-bond donors (Lipinski definition) is 1. The summed E-state index contributed by atoms with van der Waals surface area (Å²) in [7, 11) is 1.46. The van der Waals surface area contributed by atoms with Gasteiger partial charge in [-0.05, 0) is 24.3 Å². The zero-order valence-electron chi connectivity index (χ0n) is 9.14. The Balaban J connectivity index is 2.20. The molecule has 0 bridgehead atoms. The summed E-state index contributed by atoms with van der Waals surface area (Å²) >= 11 is 0. The highest BCUT2D eigenvalue weighted by atomic mass is 16.7. The lowest BCUT2D eigenvalue weighted by atomic mass is 10.3. The van der Waals surface area contributed by atoms with Crippen LogP contribution in [-0.2, 0) is 14.3 Å². The van der Waals surface area contributed by atoms with E-state index in [2.05, 4.69) is 9.47 Å². The molecule has 0 aliphatic carbocycles. The molecule has 0 aliphatic heterocycles. The predicted molar refractivity (Wildman–Crippen MR) is 58.9 cm³/mol. The van der Waals surface area contributed by atoms with Crippen LogP contribution in [0.5, 0.6) is 5.75 Å². The summed E-state index contributed by atoms with van der Waals surface area (Å²) in [6.07, 6.45) is 0.188. The third-order valence-corrected chi connectivity index (χ3v) is 1.79. The molecule has 0 radical (unpaired) electrons. The van der Waals surface area contributed by atoms with Crippen LogP contribution >= 0.6 is 0 Å². The van der Waals surface area contributed by atoms with Gasteiger partial charge in [-0.1, -0.05) is 0 Å². The van der Waals surface area contributed by atoms with Gasteiger partial charge < -0.3 is 19.9 Å². The third kappa shape index (κ3) is 4.65. The Hall–Kier alpha value is -1.75. The molecule has 88 valence electrons. The number of anilines is 1. The number of esters is 1. The van der Waals surface area contributed by atoms with Crippen molar-refractivity contribution in [1.29, 1.82) is 0 Å². The van der Waals surface area contributed by atoms with Gasteiger partial charge in [0.15, 0.2) is 6.79 Å². The van der Waals surface area contributed by atoms with Crippen molar-refractivity contribution in [2.24, 2.45) is 0 Å². The monoisotopic (exact) mass is 225 g/mol. The summed E-state index contributed by atoms with van der Waals surface area (Å²) in [5.74, 6) is 0.325. The van der Waals surface area contributed by atoms with Crippen molar-refractivity contribution in [2.45, 2.75) is 6.42 Å². The Bertz CT molecular complexity index is 323. The van der Waals surface area contributed by atoms with Crippen molar-refractivity contribution in [3.05, 3.63) is 24.3 Å². The zero-order chi connectivity index (χ0) is 11.8. The molecule has 0 fully saturated rings. The first kappa shape index (κ1) is 12.3. The number of nitrogen functional groups attached to an aromatic ring is 1. The number of rotatable bonds is 6. The molecule has 0 heterocycles. The molecule has 0 aromatic heterocycles. The molecule has 0 atom stereocenters. The van der Waals surface area contributed by atoms with Crippen molar-refractivity contribution in [3.63, 3.8) is 0 Å². The van der Waals surface area contributed by atoms with E-state index >= 15 is 0 Å². The van der Waals surface area contributed by atoms with Crippen molar-refractivity contribution >= 4 is 11.7 Å². The van der Waals surface area contributed by atoms with E-state index in [1.165, 1.54) is 7.11 Å². The second-order valence-corrected chi connectivity index (χ2v) is 3.09. The number of ether oxygens (including phenoxy) is 3. The average Bonchev–Trinajstić information content (AvgIpc) is 2.29. The molecule has 0 spiro atoms. The van der Waals surface area contributed by atoms with Crippen LogP contribution in [0.15, 0.2) is 24.3 Å². The van der Waals surface area contributed by atoms with E-state index in [0.717, 1.165) is 0 Å². The number of benzene rings is 1. The van der Waals surface area contributed by atoms with E-state index in [0.29, 0.717) is 11.4 Å². The summed E-state index contributed by atoms with van der Waals surface area (Å²) in [5, 5.41) is 0. The molecular formula is C11H15NO4. The highest BCUT2D eigenvalue weighted by molar-refractivity contribution is 5.69. The Morgan fingerprint density at radius 3 is 2.62 bits per heavy atom. The largest absolute Gasteiger partial charge is 0.493 e. The predicted octanol–water partition coefficient (Wildman–Crippen LogP) is 1.18. The van der Waals surface area contributed by atoms with Gasteiger partial charge in [-0.3, -0.25) is 4.79 Å². The smallest absolute Gasteiger partial charge is 0.311 e. The number of carbonyl (C=O) groups excluding carboxylic acids is 1. The summed E-state index contributed by atoms with van der Waals surface area (Å²) in [6, 6.07) is 6.96. The molecule has 0 saturated carbocycles. The lowest BCUT2D eigenvalue weighted by Gasteiger charge is -2.06. The molecule has 0 amide bonds. The van der Waals surface area contributed by atoms with E-state index in [1.54, 1.807) is 24.3 Å². The van der Waals surface area contributed by atoms with E-state index in [-0.39, 0.29) is 25.8 Å². The van der Waals surface area contributed by atoms with E-state index < -0.39 is 0 Å². The van der Waals surface area contributed by atoms with Gasteiger partial charge in [0.1, 0.15) is 5.75 Å². The van der Waals surface area contributed by atoms with Gasteiger partial charge in [0.05, 0.1) is 13.0 Å². The standard InChI is InChI=1S/C11H15NO4/c1-14-8-16-11(13)6-7-15-10-4-2-9(12)3-5-10/h2-5H,6-8,12H2,1H3. The topological polar surface area (TPSA) is 70.8 Å². The van der Waals surface area contributed by atoms with Crippen LogP contribution in [0.3, 0.4) is 0 Å². The van der Waals surface area contributed by atoms with Crippen molar-refractivity contribution in [3.8, 4) is 5.75 Å². The minimum Gasteiger partial charge on any atom is -0.493 e. The zero-order valence-corrected chi connectivity index (χ0v) is 9.14. The van der Waals surface area contributed by atoms with E-state index in [9.17, 15) is 4.79 Å². The minimum atomic E-state index is -0.350. The molecule has 0 aliphatic rings. The first-order valence-electron chi connectivity index (χ1n) is 4.85. The number of carbonyl (C=O) groups is 1. The van der Waals surface area contributed by atoms with E-state index in [1.807, 2.05) is 0 Å². The van der Waals surface area contributed by atoms with Crippen LogP contribution < -0.4 is 10.5 Å². The minimum absolute atomic E-state index is 0.0271. The molecule has 16 heavy (non-hydrogen) atoms. The molecule has 1 aromatic carbocycles. The second kappa shape index (κ2) is 6.68. The second-order valence-electron chi connectivity index (χ2n) is 3.09. The maximum Gasteiger partial charge on any atom is 0.311 e. The average molecular weight is 225 g/mol. The summed E-state index contributed by atoms with van der Waals surface area (Å²) in [6.45, 7) is 0.243. The molecule has 5 nitrogen and oxygen atoms in total. The van der Waals surface area contributed by atoms with Crippen molar-refractivity contribution < 1.29 is 19.0 Å². The molecular weight excluding hydrogens is 210 g/mol. The first-order valence-corrected chi connectivity index (χ1v) is 4.85. The number of methoxy groups -OCH3 is 1. The van der Waals surface area contributed by atoms with Gasteiger partial charge in [-0.25, -0.2) is 0 Å². The Morgan fingerprint density at radius 1 is 1.31 bits per heavy atom. The van der Waals surface area contributed by atoms with Crippen molar-refractivity contribution in [1.82, 2.24) is 0 Å². The lowest BCUT2D eigenvalue weighted by molar-refractivity contribution is -0.154. The summed E-state index contributed by atoms with van der Waals surface area (Å²) < 4.78 is 14.6. The highest BCUT2D eigenvalue weighted by Gasteiger charge is 2.02. The van der Waals surface area contributed by atoms with E-state index in [4.69, 9.17) is 10.5 Å². The summed E-state index contributed by atoms with van der Waals surface area (Å²) in [4.78, 5) is 11.0. The number of hydrogen-bond acceptors (Lipinski definition) is 5. The highest BCUT2D eigenvalue weighted by Crippen LogP contribution is 2.13. The van der Waals surface area contributed by atoms with Crippen LogP contribution in [-0.4, -0.2) is 26.5 Å². The van der Waals surface area contributed by atoms with Crippen LogP contribution in [0.2, 0.25) is 0 Å². The van der Waals surface area contributed by atoms with Crippen molar-refractivity contribution in [2.75, 3.05) is 26.2 Å². The fraction of sp³-hybridized carbons (Fsp3) is 0.364. The fourth-order valence-corrected chi connectivity index (χ4v) is 1.01. The maximum absolute atomic E-state index is 11.0. The van der Waals surface area contributed by atoms with Crippen LogP contribution in [0.25, 0.3) is 0 Å². The Morgan fingerprint density at radius 2 is 2.00 bits per heavy atom. The molecule has 1 aromatic rings. The van der Waals surface area contributed by atoms with Crippen LogP contribution in [0.4, 0.5) is 5.69 Å². The SMILES string of the molecule is COCOC(=O)CCOc1ccc(N)cc1. The molecule has 0 unspecified atom stereocenters. The summed E-state index contributed by atoms with van der Waals surface area (Å²) in [5.41, 5.74) is 6.19. The maximum atomic E-state index is 11.0. The van der Waals surface area contributed by atoms with Gasteiger partial charge in [0, 0.05) is 12.8 Å². The molecule has 0 saturated heterocycles. The molecule has 2 N–H and O–H groups in total. The Labute approximate surface area is 94.1 Å². The van der Waals surface area contributed by atoms with Gasteiger partial charge in [0.2, 0.25) is 0 Å². The third-order valence-electron chi connectivity index (χ3n) is 1.79. The molecule has 1 rings (SSSR count). The van der Waals surface area contributed by atoms with Crippen LogP contribution in [0.1, 0.15) is 6.42 Å². The first-order chi connectivity index (χ1) is 7.72. The quantitative estimate of drug-likeness (QED) is 0.447. The Kier molecular flexibility index (Phi) is 5.15. The fourth-order valence-electron chi connectivity index (χ4n) is 1.01. The van der Waals surface area contributed by atoms with Gasteiger partial charge >= 0.3 is 5.97 Å². The lowest BCUT2D eigenvalue weighted by Crippen LogP contribution is -2.11. The normalized spacial score (nSPS) is 9.81. The van der Waals surface area contributed by atoms with Crippen LogP contribution in [0, 0.1) is 0 Å².